The Labute approximate surface area is 174 Å². The van der Waals surface area contributed by atoms with Gasteiger partial charge < -0.3 is 19.1 Å². The van der Waals surface area contributed by atoms with Crippen LogP contribution in [-0.4, -0.2) is 50.2 Å². The first-order chi connectivity index (χ1) is 14.1. The molecule has 0 radical (unpaired) electrons. The van der Waals surface area contributed by atoms with E-state index in [4.69, 9.17) is 19.2 Å². The van der Waals surface area contributed by atoms with Crippen LogP contribution < -0.4 is 14.2 Å². The maximum atomic E-state index is 13.3. The van der Waals surface area contributed by atoms with E-state index in [0.717, 1.165) is 29.9 Å². The minimum absolute atomic E-state index is 0.0615. The highest BCUT2D eigenvalue weighted by Gasteiger charge is 2.29. The van der Waals surface area contributed by atoms with Gasteiger partial charge in [-0.05, 0) is 25.0 Å². The van der Waals surface area contributed by atoms with Gasteiger partial charge in [0.1, 0.15) is 5.75 Å². The Kier molecular flexibility index (Phi) is 5.58. The Morgan fingerprint density at radius 1 is 1.07 bits per heavy atom. The molecule has 1 atom stereocenters. The van der Waals surface area contributed by atoms with Crippen molar-refractivity contribution in [2.45, 2.75) is 18.8 Å². The molecule has 0 aliphatic carbocycles. The number of hydrogen-bond donors (Lipinski definition) is 0. The summed E-state index contributed by atoms with van der Waals surface area (Å²) in [4.78, 5) is 20.0. The van der Waals surface area contributed by atoms with Crippen LogP contribution in [0.1, 0.15) is 34.1 Å². The predicted molar refractivity (Wildman–Crippen MR) is 114 cm³/mol. The number of methoxy groups -OCH3 is 3. The number of para-hydroxylation sites is 1. The Balaban J connectivity index is 1.60. The number of amides is 1. The Bertz CT molecular complexity index is 1000. The van der Waals surface area contributed by atoms with Crippen LogP contribution in [0.4, 0.5) is 0 Å². The average Bonchev–Trinajstić information content (AvgIpc) is 3.22. The Morgan fingerprint density at radius 2 is 1.79 bits per heavy atom. The number of thiazole rings is 1. The van der Waals surface area contributed by atoms with E-state index >= 15 is 0 Å². The number of piperidine rings is 1. The summed E-state index contributed by atoms with van der Waals surface area (Å²) in [6.07, 6.45) is 1.98. The van der Waals surface area contributed by atoms with Crippen LogP contribution >= 0.6 is 11.3 Å². The molecule has 1 aliphatic rings. The molecule has 1 saturated heterocycles. The number of hydrogen-bond acceptors (Lipinski definition) is 6. The smallest absolute Gasteiger partial charge is 0.257 e. The van der Waals surface area contributed by atoms with E-state index in [1.165, 1.54) is 4.70 Å². The van der Waals surface area contributed by atoms with E-state index < -0.39 is 0 Å². The molecule has 6 nitrogen and oxygen atoms in total. The second kappa shape index (κ2) is 8.29. The van der Waals surface area contributed by atoms with Crippen molar-refractivity contribution in [3.05, 3.63) is 47.0 Å². The predicted octanol–water partition coefficient (Wildman–Crippen LogP) is 4.34. The highest BCUT2D eigenvalue weighted by atomic mass is 32.1. The monoisotopic (exact) mass is 412 g/mol. The first kappa shape index (κ1) is 19.5. The number of likely N-dealkylation sites (tertiary alicyclic amines) is 1. The molecule has 2 aromatic carbocycles. The highest BCUT2D eigenvalue weighted by Crippen LogP contribution is 2.37. The molecule has 3 aromatic rings. The standard InChI is InChI=1S/C22H24N2O4S/c1-26-17-12-19(28-3)18(27-2)11-15(17)22(25)24-10-6-7-14(13-24)21-23-16-8-4-5-9-20(16)29-21/h4-5,8-9,11-12,14H,6-7,10,13H2,1-3H3/t14-/m1/s1. The first-order valence-electron chi connectivity index (χ1n) is 9.59. The SMILES string of the molecule is COc1cc(OC)c(C(=O)N2CCC[C@@H](c3nc4ccccc4s3)C2)cc1OC. The zero-order chi connectivity index (χ0) is 20.4. The number of nitrogens with zero attached hydrogens (tertiary/aromatic N) is 2. The fourth-order valence-corrected chi connectivity index (χ4v) is 4.89. The molecule has 29 heavy (non-hydrogen) atoms. The van der Waals surface area contributed by atoms with Crippen molar-refractivity contribution < 1.29 is 19.0 Å². The fourth-order valence-electron chi connectivity index (χ4n) is 3.79. The number of benzene rings is 2. The van der Waals surface area contributed by atoms with Crippen molar-refractivity contribution in [3.8, 4) is 17.2 Å². The molecule has 7 heteroatoms. The number of aromatic nitrogens is 1. The summed E-state index contributed by atoms with van der Waals surface area (Å²) >= 11 is 1.72. The third kappa shape index (κ3) is 3.74. The van der Waals surface area contributed by atoms with Crippen LogP contribution in [0.15, 0.2) is 36.4 Å². The summed E-state index contributed by atoms with van der Waals surface area (Å²) in [6.45, 7) is 1.37. The lowest BCUT2D eigenvalue weighted by Crippen LogP contribution is -2.39. The molecule has 0 unspecified atom stereocenters. The van der Waals surface area contributed by atoms with Gasteiger partial charge in [0.2, 0.25) is 0 Å². The fraction of sp³-hybridized carbons (Fsp3) is 0.364. The van der Waals surface area contributed by atoms with Crippen molar-refractivity contribution in [1.29, 1.82) is 0 Å². The zero-order valence-electron chi connectivity index (χ0n) is 16.8. The second-order valence-electron chi connectivity index (χ2n) is 7.02. The number of ether oxygens (including phenoxy) is 3. The van der Waals surface area contributed by atoms with Gasteiger partial charge in [-0.2, -0.15) is 0 Å². The first-order valence-corrected chi connectivity index (χ1v) is 10.4. The number of rotatable bonds is 5. The van der Waals surface area contributed by atoms with Gasteiger partial charge in [-0.3, -0.25) is 4.79 Å². The minimum Gasteiger partial charge on any atom is -0.496 e. The van der Waals surface area contributed by atoms with Gasteiger partial charge in [-0.1, -0.05) is 12.1 Å². The number of fused-ring (bicyclic) bond motifs is 1. The third-order valence-electron chi connectivity index (χ3n) is 5.30. The molecular weight excluding hydrogens is 388 g/mol. The van der Waals surface area contributed by atoms with E-state index in [9.17, 15) is 4.79 Å². The van der Waals surface area contributed by atoms with Crippen molar-refractivity contribution in [2.24, 2.45) is 0 Å². The topological polar surface area (TPSA) is 60.9 Å². The largest absolute Gasteiger partial charge is 0.496 e. The summed E-state index contributed by atoms with van der Waals surface area (Å²) < 4.78 is 17.3. The molecule has 2 heterocycles. The number of carbonyl (C=O) groups excluding carboxylic acids is 1. The maximum absolute atomic E-state index is 13.3. The van der Waals surface area contributed by atoms with Gasteiger partial charge >= 0.3 is 0 Å². The molecule has 1 fully saturated rings. The van der Waals surface area contributed by atoms with E-state index in [1.807, 2.05) is 23.1 Å². The molecule has 0 spiro atoms. The average molecular weight is 413 g/mol. The minimum atomic E-state index is -0.0615. The highest BCUT2D eigenvalue weighted by molar-refractivity contribution is 7.18. The van der Waals surface area contributed by atoms with Crippen molar-refractivity contribution >= 4 is 27.5 Å². The second-order valence-corrected chi connectivity index (χ2v) is 8.08. The summed E-state index contributed by atoms with van der Waals surface area (Å²) in [5, 5.41) is 1.10. The van der Waals surface area contributed by atoms with Gasteiger partial charge in [-0.15, -0.1) is 11.3 Å². The van der Waals surface area contributed by atoms with E-state index in [-0.39, 0.29) is 11.8 Å². The van der Waals surface area contributed by atoms with Crippen LogP contribution in [0.3, 0.4) is 0 Å². The van der Waals surface area contributed by atoms with Gasteiger partial charge in [0.15, 0.2) is 11.5 Å². The van der Waals surface area contributed by atoms with Crippen molar-refractivity contribution in [2.75, 3.05) is 34.4 Å². The maximum Gasteiger partial charge on any atom is 0.257 e. The van der Waals surface area contributed by atoms with Gasteiger partial charge in [0.05, 0.1) is 42.1 Å². The molecule has 1 aliphatic heterocycles. The summed E-state index contributed by atoms with van der Waals surface area (Å²) in [5.74, 6) is 1.71. The Morgan fingerprint density at radius 3 is 2.52 bits per heavy atom. The van der Waals surface area contributed by atoms with E-state index in [1.54, 1.807) is 44.8 Å². The van der Waals surface area contributed by atoms with Crippen LogP contribution in [0.5, 0.6) is 17.2 Å². The van der Waals surface area contributed by atoms with Gasteiger partial charge in [0, 0.05) is 31.1 Å². The molecule has 4 rings (SSSR count). The normalized spacial score (nSPS) is 16.7. The van der Waals surface area contributed by atoms with Crippen LogP contribution in [0.25, 0.3) is 10.2 Å². The Hall–Kier alpha value is -2.80. The van der Waals surface area contributed by atoms with Crippen LogP contribution in [0, 0.1) is 0 Å². The quantitative estimate of drug-likeness (QED) is 0.624. The molecule has 152 valence electrons. The van der Waals surface area contributed by atoms with Gasteiger partial charge in [-0.25, -0.2) is 4.98 Å². The van der Waals surface area contributed by atoms with Gasteiger partial charge in [0.25, 0.3) is 5.91 Å². The molecule has 1 aromatic heterocycles. The molecule has 0 bridgehead atoms. The number of carbonyl (C=O) groups is 1. The third-order valence-corrected chi connectivity index (χ3v) is 6.50. The van der Waals surface area contributed by atoms with Crippen molar-refractivity contribution in [1.82, 2.24) is 9.88 Å². The lowest BCUT2D eigenvalue weighted by Gasteiger charge is -2.32. The molecule has 1 amide bonds. The van der Waals surface area contributed by atoms with E-state index in [0.29, 0.717) is 29.4 Å². The van der Waals surface area contributed by atoms with E-state index in [2.05, 4.69) is 6.07 Å². The van der Waals surface area contributed by atoms with Crippen molar-refractivity contribution in [3.63, 3.8) is 0 Å². The van der Waals surface area contributed by atoms with Crippen LogP contribution in [0.2, 0.25) is 0 Å². The lowest BCUT2D eigenvalue weighted by atomic mass is 9.97. The summed E-state index contributed by atoms with van der Waals surface area (Å²) in [5.41, 5.74) is 1.51. The molecule has 0 saturated carbocycles. The molecule has 0 N–H and O–H groups in total. The van der Waals surface area contributed by atoms with Crippen LogP contribution in [-0.2, 0) is 0 Å². The molecular formula is C22H24N2O4S. The lowest BCUT2D eigenvalue weighted by molar-refractivity contribution is 0.0703. The zero-order valence-corrected chi connectivity index (χ0v) is 17.6. The summed E-state index contributed by atoms with van der Waals surface area (Å²) in [7, 11) is 4.67. The summed E-state index contributed by atoms with van der Waals surface area (Å²) in [6, 6.07) is 11.6.